The van der Waals surface area contributed by atoms with Crippen molar-refractivity contribution in [3.8, 4) is 0 Å². The van der Waals surface area contributed by atoms with E-state index in [1.807, 2.05) is 18.2 Å². The second-order valence-electron chi connectivity index (χ2n) is 3.47. The molecule has 0 fully saturated rings. The Morgan fingerprint density at radius 2 is 1.88 bits per heavy atom. The minimum atomic E-state index is -0.268. The van der Waals surface area contributed by atoms with Crippen LogP contribution in [0.3, 0.4) is 0 Å². The molecule has 88 valence electrons. The highest BCUT2D eigenvalue weighted by Crippen LogP contribution is 2.01. The van der Waals surface area contributed by atoms with E-state index in [0.717, 1.165) is 19.4 Å². The van der Waals surface area contributed by atoms with Crippen molar-refractivity contribution in [2.75, 3.05) is 19.8 Å². The van der Waals surface area contributed by atoms with Crippen LogP contribution in [0.1, 0.15) is 30.1 Å². The Bertz CT molecular complexity index is 295. The van der Waals surface area contributed by atoms with Crippen LogP contribution < -0.4 is 0 Å². The molecule has 1 aromatic carbocycles. The molecule has 3 nitrogen and oxygen atoms in total. The summed E-state index contributed by atoms with van der Waals surface area (Å²) in [6.07, 6.45) is 1.77. The van der Waals surface area contributed by atoms with E-state index in [2.05, 4.69) is 6.92 Å². The number of hydrogen-bond donors (Lipinski definition) is 0. The Kier molecular flexibility index (Phi) is 6.26. The van der Waals surface area contributed by atoms with Gasteiger partial charge in [0.2, 0.25) is 0 Å². The average molecular weight is 222 g/mol. The molecule has 0 spiro atoms. The van der Waals surface area contributed by atoms with Crippen molar-refractivity contribution in [1.29, 1.82) is 0 Å². The van der Waals surface area contributed by atoms with Crippen molar-refractivity contribution < 1.29 is 14.3 Å². The van der Waals surface area contributed by atoms with Crippen LogP contribution in [0.5, 0.6) is 0 Å². The molecule has 1 aromatic rings. The van der Waals surface area contributed by atoms with Gasteiger partial charge in [-0.3, -0.25) is 0 Å². The summed E-state index contributed by atoms with van der Waals surface area (Å²) in [5.74, 6) is -0.268. The van der Waals surface area contributed by atoms with Gasteiger partial charge in [0, 0.05) is 19.6 Å². The number of hydrogen-bond acceptors (Lipinski definition) is 3. The van der Waals surface area contributed by atoms with Gasteiger partial charge in [-0.2, -0.15) is 0 Å². The zero-order chi connectivity index (χ0) is 11.6. The highest BCUT2D eigenvalue weighted by Gasteiger charge is 2.04. The number of carbonyl (C=O) groups excluding carboxylic acids is 1. The standard InChI is InChI=1S/C13H18O3/c1-2-9-15-10-6-11-16-13(14)12-7-4-3-5-8-12/h3-5,7-8H,2,6,9-11H2,1H3. The van der Waals surface area contributed by atoms with Gasteiger partial charge in [-0.1, -0.05) is 25.1 Å². The van der Waals surface area contributed by atoms with E-state index in [-0.39, 0.29) is 5.97 Å². The molecule has 0 radical (unpaired) electrons. The molecule has 0 saturated carbocycles. The molecule has 0 bridgehead atoms. The van der Waals surface area contributed by atoms with E-state index in [1.54, 1.807) is 12.1 Å². The fraction of sp³-hybridized carbons (Fsp3) is 0.462. The summed E-state index contributed by atoms with van der Waals surface area (Å²) in [6, 6.07) is 9.00. The third-order valence-electron chi connectivity index (χ3n) is 2.02. The van der Waals surface area contributed by atoms with Crippen molar-refractivity contribution in [1.82, 2.24) is 0 Å². The molecule has 0 N–H and O–H groups in total. The van der Waals surface area contributed by atoms with E-state index in [0.29, 0.717) is 18.8 Å². The molecular weight excluding hydrogens is 204 g/mol. The van der Waals surface area contributed by atoms with Gasteiger partial charge in [-0.05, 0) is 18.6 Å². The van der Waals surface area contributed by atoms with Crippen LogP contribution in [0, 0.1) is 0 Å². The van der Waals surface area contributed by atoms with Crippen molar-refractivity contribution in [3.63, 3.8) is 0 Å². The number of benzene rings is 1. The van der Waals surface area contributed by atoms with Crippen LogP contribution in [0.15, 0.2) is 30.3 Å². The summed E-state index contributed by atoms with van der Waals surface area (Å²) in [6.45, 7) is 3.90. The third kappa shape index (κ3) is 4.94. The Morgan fingerprint density at radius 1 is 1.12 bits per heavy atom. The molecule has 0 aliphatic heterocycles. The SMILES string of the molecule is CCCOCCCOC(=O)c1ccccc1. The molecule has 3 heteroatoms. The van der Waals surface area contributed by atoms with Gasteiger partial charge < -0.3 is 9.47 Å². The molecule has 0 aliphatic rings. The van der Waals surface area contributed by atoms with Crippen molar-refractivity contribution in [2.24, 2.45) is 0 Å². The molecule has 0 saturated heterocycles. The van der Waals surface area contributed by atoms with Gasteiger partial charge in [-0.15, -0.1) is 0 Å². The highest BCUT2D eigenvalue weighted by atomic mass is 16.5. The van der Waals surface area contributed by atoms with Crippen molar-refractivity contribution in [2.45, 2.75) is 19.8 Å². The van der Waals surface area contributed by atoms with Crippen LogP contribution in [0.2, 0.25) is 0 Å². The minimum absolute atomic E-state index is 0.268. The molecule has 0 atom stereocenters. The topological polar surface area (TPSA) is 35.5 Å². The van der Waals surface area contributed by atoms with E-state index >= 15 is 0 Å². The molecule has 0 heterocycles. The summed E-state index contributed by atoms with van der Waals surface area (Å²) >= 11 is 0. The maximum Gasteiger partial charge on any atom is 0.338 e. The number of rotatable bonds is 7. The normalized spacial score (nSPS) is 10.1. The Labute approximate surface area is 96.4 Å². The van der Waals surface area contributed by atoms with Gasteiger partial charge in [-0.25, -0.2) is 4.79 Å². The smallest absolute Gasteiger partial charge is 0.338 e. The van der Waals surface area contributed by atoms with Crippen LogP contribution in [0.25, 0.3) is 0 Å². The Hall–Kier alpha value is -1.35. The summed E-state index contributed by atoms with van der Waals surface area (Å²) in [7, 11) is 0. The molecule has 0 aliphatic carbocycles. The van der Waals surface area contributed by atoms with E-state index in [1.165, 1.54) is 0 Å². The van der Waals surface area contributed by atoms with E-state index in [4.69, 9.17) is 9.47 Å². The van der Waals surface area contributed by atoms with Gasteiger partial charge in [0.1, 0.15) is 0 Å². The monoisotopic (exact) mass is 222 g/mol. The minimum Gasteiger partial charge on any atom is -0.462 e. The van der Waals surface area contributed by atoms with Crippen molar-refractivity contribution >= 4 is 5.97 Å². The Balaban J connectivity index is 2.12. The van der Waals surface area contributed by atoms with E-state index < -0.39 is 0 Å². The first-order valence-electron chi connectivity index (χ1n) is 5.64. The maximum absolute atomic E-state index is 11.5. The second-order valence-corrected chi connectivity index (χ2v) is 3.47. The average Bonchev–Trinajstić information content (AvgIpc) is 2.34. The summed E-state index contributed by atoms with van der Waals surface area (Å²) < 4.78 is 10.4. The first-order chi connectivity index (χ1) is 7.84. The lowest BCUT2D eigenvalue weighted by Crippen LogP contribution is -2.08. The largest absolute Gasteiger partial charge is 0.462 e. The Morgan fingerprint density at radius 3 is 2.56 bits per heavy atom. The highest BCUT2D eigenvalue weighted by molar-refractivity contribution is 5.89. The molecule has 1 rings (SSSR count). The molecule has 0 unspecified atom stereocenters. The maximum atomic E-state index is 11.5. The van der Waals surface area contributed by atoms with Crippen molar-refractivity contribution in [3.05, 3.63) is 35.9 Å². The van der Waals surface area contributed by atoms with Crippen LogP contribution in [0.4, 0.5) is 0 Å². The summed E-state index contributed by atoms with van der Waals surface area (Å²) in [5, 5.41) is 0. The van der Waals surface area contributed by atoms with E-state index in [9.17, 15) is 4.79 Å². The lowest BCUT2D eigenvalue weighted by atomic mass is 10.2. The molecule has 0 amide bonds. The van der Waals surface area contributed by atoms with Gasteiger partial charge in [0.25, 0.3) is 0 Å². The first-order valence-corrected chi connectivity index (χ1v) is 5.64. The molecule has 0 aromatic heterocycles. The second kappa shape index (κ2) is 7.88. The predicted molar refractivity (Wildman–Crippen MR) is 62.5 cm³/mol. The fourth-order valence-corrected chi connectivity index (χ4v) is 1.23. The zero-order valence-corrected chi connectivity index (χ0v) is 9.65. The predicted octanol–water partition coefficient (Wildman–Crippen LogP) is 2.66. The molecular formula is C13H18O3. The van der Waals surface area contributed by atoms with Gasteiger partial charge in [0.15, 0.2) is 0 Å². The lowest BCUT2D eigenvalue weighted by Gasteiger charge is -2.05. The number of esters is 1. The summed E-state index contributed by atoms with van der Waals surface area (Å²) in [5.41, 5.74) is 0.594. The van der Waals surface area contributed by atoms with Crippen LogP contribution >= 0.6 is 0 Å². The fourth-order valence-electron chi connectivity index (χ4n) is 1.23. The summed E-state index contributed by atoms with van der Waals surface area (Å²) in [4.78, 5) is 11.5. The first kappa shape index (κ1) is 12.7. The third-order valence-corrected chi connectivity index (χ3v) is 2.02. The lowest BCUT2D eigenvalue weighted by molar-refractivity contribution is 0.0446. The van der Waals surface area contributed by atoms with Gasteiger partial charge in [0.05, 0.1) is 12.2 Å². The quantitative estimate of drug-likeness (QED) is 0.525. The number of ether oxygens (including phenoxy) is 2. The zero-order valence-electron chi connectivity index (χ0n) is 9.65. The van der Waals surface area contributed by atoms with Crippen LogP contribution in [-0.4, -0.2) is 25.8 Å². The van der Waals surface area contributed by atoms with Gasteiger partial charge >= 0.3 is 5.97 Å². The molecule has 16 heavy (non-hydrogen) atoms. The number of carbonyl (C=O) groups is 1. The van der Waals surface area contributed by atoms with Crippen LogP contribution in [-0.2, 0) is 9.47 Å².